The first kappa shape index (κ1) is 11.9. The summed E-state index contributed by atoms with van der Waals surface area (Å²) in [5.74, 6) is 1.35. The Morgan fingerprint density at radius 2 is 2.00 bits per heavy atom. The van der Waals surface area contributed by atoms with Crippen molar-refractivity contribution < 1.29 is 4.39 Å². The van der Waals surface area contributed by atoms with Crippen molar-refractivity contribution in [2.45, 2.75) is 12.3 Å². The van der Waals surface area contributed by atoms with Gasteiger partial charge in [-0.25, -0.2) is 9.37 Å². The summed E-state index contributed by atoms with van der Waals surface area (Å²) < 4.78 is 12.9. The SMILES string of the molecule is Nc1ccnc(N2CC[C@H](c3ccc(F)cc3)C2)n1. The van der Waals surface area contributed by atoms with E-state index in [2.05, 4.69) is 14.9 Å². The van der Waals surface area contributed by atoms with E-state index in [-0.39, 0.29) is 5.82 Å². The molecule has 2 N–H and O–H groups in total. The summed E-state index contributed by atoms with van der Waals surface area (Å²) in [4.78, 5) is 10.6. The minimum Gasteiger partial charge on any atom is -0.384 e. The first-order chi connectivity index (χ1) is 9.22. The monoisotopic (exact) mass is 258 g/mol. The predicted molar refractivity (Wildman–Crippen MR) is 72.4 cm³/mol. The van der Waals surface area contributed by atoms with E-state index in [1.165, 1.54) is 12.1 Å². The lowest BCUT2D eigenvalue weighted by molar-refractivity contribution is 0.625. The van der Waals surface area contributed by atoms with E-state index in [4.69, 9.17) is 5.73 Å². The predicted octanol–water partition coefficient (Wildman–Crippen LogP) is 2.19. The zero-order valence-corrected chi connectivity index (χ0v) is 10.5. The largest absolute Gasteiger partial charge is 0.384 e. The van der Waals surface area contributed by atoms with Crippen LogP contribution in [0.3, 0.4) is 0 Å². The van der Waals surface area contributed by atoms with Crippen LogP contribution in [0, 0.1) is 5.82 Å². The van der Waals surface area contributed by atoms with Gasteiger partial charge in [0, 0.05) is 25.2 Å². The average molecular weight is 258 g/mol. The summed E-state index contributed by atoms with van der Waals surface area (Å²) in [7, 11) is 0. The molecular formula is C14H15FN4. The van der Waals surface area contributed by atoms with Gasteiger partial charge in [0.05, 0.1) is 0 Å². The molecule has 2 aromatic rings. The van der Waals surface area contributed by atoms with E-state index in [9.17, 15) is 4.39 Å². The van der Waals surface area contributed by atoms with Gasteiger partial charge in [0.25, 0.3) is 0 Å². The number of benzene rings is 1. The quantitative estimate of drug-likeness (QED) is 0.897. The van der Waals surface area contributed by atoms with Crippen LogP contribution >= 0.6 is 0 Å². The number of nitrogens with zero attached hydrogens (tertiary/aromatic N) is 3. The van der Waals surface area contributed by atoms with Crippen LogP contribution in [0.5, 0.6) is 0 Å². The van der Waals surface area contributed by atoms with E-state index in [0.29, 0.717) is 17.7 Å². The number of nitrogen functional groups attached to an aromatic ring is 1. The molecule has 1 aromatic carbocycles. The van der Waals surface area contributed by atoms with Crippen LogP contribution in [-0.4, -0.2) is 23.1 Å². The summed E-state index contributed by atoms with van der Waals surface area (Å²) in [6.07, 6.45) is 2.69. The highest BCUT2D eigenvalue weighted by Gasteiger charge is 2.25. The van der Waals surface area contributed by atoms with Crippen molar-refractivity contribution in [3.63, 3.8) is 0 Å². The second kappa shape index (κ2) is 4.84. The van der Waals surface area contributed by atoms with Crippen LogP contribution in [0.25, 0.3) is 0 Å². The van der Waals surface area contributed by atoms with Gasteiger partial charge in [-0.15, -0.1) is 0 Å². The van der Waals surface area contributed by atoms with Crippen LogP contribution < -0.4 is 10.6 Å². The Morgan fingerprint density at radius 3 is 2.74 bits per heavy atom. The molecule has 1 aromatic heterocycles. The van der Waals surface area contributed by atoms with Crippen molar-refractivity contribution in [2.75, 3.05) is 23.7 Å². The second-order valence-corrected chi connectivity index (χ2v) is 4.76. The van der Waals surface area contributed by atoms with Gasteiger partial charge in [-0.05, 0) is 30.2 Å². The third-order valence-corrected chi connectivity index (χ3v) is 3.48. The van der Waals surface area contributed by atoms with Crippen molar-refractivity contribution in [1.82, 2.24) is 9.97 Å². The molecule has 0 aliphatic carbocycles. The number of aromatic nitrogens is 2. The minimum atomic E-state index is -0.197. The molecule has 0 spiro atoms. The van der Waals surface area contributed by atoms with Crippen LogP contribution in [0.15, 0.2) is 36.5 Å². The molecular weight excluding hydrogens is 243 g/mol. The van der Waals surface area contributed by atoms with Gasteiger partial charge in [-0.2, -0.15) is 4.98 Å². The molecule has 19 heavy (non-hydrogen) atoms. The first-order valence-electron chi connectivity index (χ1n) is 6.31. The Labute approximate surface area is 111 Å². The van der Waals surface area contributed by atoms with Crippen molar-refractivity contribution in [1.29, 1.82) is 0 Å². The van der Waals surface area contributed by atoms with Gasteiger partial charge in [0.15, 0.2) is 0 Å². The molecule has 1 saturated heterocycles. The van der Waals surface area contributed by atoms with Gasteiger partial charge in [0.2, 0.25) is 5.95 Å². The van der Waals surface area contributed by atoms with Crippen LogP contribution in [0.2, 0.25) is 0 Å². The third-order valence-electron chi connectivity index (χ3n) is 3.48. The fourth-order valence-electron chi connectivity index (χ4n) is 2.46. The van der Waals surface area contributed by atoms with E-state index in [1.54, 1.807) is 12.3 Å². The number of hydrogen-bond acceptors (Lipinski definition) is 4. The smallest absolute Gasteiger partial charge is 0.227 e. The number of rotatable bonds is 2. The highest BCUT2D eigenvalue weighted by atomic mass is 19.1. The summed E-state index contributed by atoms with van der Waals surface area (Å²) in [5.41, 5.74) is 6.83. The maximum atomic E-state index is 12.9. The zero-order chi connectivity index (χ0) is 13.2. The molecule has 1 fully saturated rings. The Bertz CT molecular complexity index is 570. The number of hydrogen-bond donors (Lipinski definition) is 1. The van der Waals surface area contributed by atoms with Crippen molar-refractivity contribution in [3.8, 4) is 0 Å². The van der Waals surface area contributed by atoms with Crippen LogP contribution in [-0.2, 0) is 0 Å². The summed E-state index contributed by atoms with van der Waals surface area (Å²) in [6, 6.07) is 8.40. The Kier molecular flexibility index (Phi) is 3.03. The molecule has 98 valence electrons. The molecule has 4 nitrogen and oxygen atoms in total. The average Bonchev–Trinajstić information content (AvgIpc) is 2.89. The Hall–Kier alpha value is -2.17. The molecule has 2 heterocycles. The Morgan fingerprint density at radius 1 is 1.21 bits per heavy atom. The van der Waals surface area contributed by atoms with Crippen LogP contribution in [0.4, 0.5) is 16.2 Å². The first-order valence-corrected chi connectivity index (χ1v) is 6.31. The van der Waals surface area contributed by atoms with Gasteiger partial charge < -0.3 is 10.6 Å². The fraction of sp³-hybridized carbons (Fsp3) is 0.286. The molecule has 1 aliphatic heterocycles. The van der Waals surface area contributed by atoms with Gasteiger partial charge in [-0.1, -0.05) is 12.1 Å². The lowest BCUT2D eigenvalue weighted by atomic mass is 9.99. The standard InChI is InChI=1S/C14H15FN4/c15-12-3-1-10(2-4-12)11-6-8-19(9-11)14-17-7-5-13(16)18-14/h1-5,7,11H,6,8-9H2,(H2,16,17,18)/t11-/m0/s1. The molecule has 5 heteroatoms. The molecule has 1 atom stereocenters. The highest BCUT2D eigenvalue weighted by Crippen LogP contribution is 2.29. The molecule has 0 amide bonds. The zero-order valence-electron chi connectivity index (χ0n) is 10.5. The number of halogens is 1. The van der Waals surface area contributed by atoms with Gasteiger partial charge in [0.1, 0.15) is 11.6 Å². The maximum Gasteiger partial charge on any atom is 0.227 e. The maximum absolute atomic E-state index is 12.9. The van der Waals surface area contributed by atoms with Crippen LogP contribution in [0.1, 0.15) is 17.9 Å². The number of nitrogens with two attached hydrogens (primary N) is 1. The van der Waals surface area contributed by atoms with Gasteiger partial charge in [-0.3, -0.25) is 0 Å². The fourth-order valence-corrected chi connectivity index (χ4v) is 2.46. The molecule has 3 rings (SSSR count). The lowest BCUT2D eigenvalue weighted by Gasteiger charge is -2.16. The lowest BCUT2D eigenvalue weighted by Crippen LogP contribution is -2.22. The van der Waals surface area contributed by atoms with E-state index in [1.807, 2.05) is 12.1 Å². The second-order valence-electron chi connectivity index (χ2n) is 4.76. The van der Waals surface area contributed by atoms with Gasteiger partial charge >= 0.3 is 0 Å². The molecule has 0 saturated carbocycles. The Balaban J connectivity index is 1.75. The highest BCUT2D eigenvalue weighted by molar-refractivity contribution is 5.40. The van der Waals surface area contributed by atoms with E-state index in [0.717, 1.165) is 25.1 Å². The minimum absolute atomic E-state index is 0.197. The van der Waals surface area contributed by atoms with E-state index < -0.39 is 0 Å². The number of anilines is 2. The summed E-state index contributed by atoms with van der Waals surface area (Å²) in [5, 5.41) is 0. The molecule has 0 unspecified atom stereocenters. The van der Waals surface area contributed by atoms with Crippen molar-refractivity contribution in [2.24, 2.45) is 0 Å². The van der Waals surface area contributed by atoms with Crippen molar-refractivity contribution >= 4 is 11.8 Å². The van der Waals surface area contributed by atoms with Crippen molar-refractivity contribution in [3.05, 3.63) is 47.9 Å². The van der Waals surface area contributed by atoms with E-state index >= 15 is 0 Å². The summed E-state index contributed by atoms with van der Waals surface area (Å²) in [6.45, 7) is 1.74. The molecule has 0 radical (unpaired) electrons. The third kappa shape index (κ3) is 2.50. The molecule has 1 aliphatic rings. The summed E-state index contributed by atoms with van der Waals surface area (Å²) >= 11 is 0. The normalized spacial score (nSPS) is 18.8. The molecule has 0 bridgehead atoms. The topological polar surface area (TPSA) is 55.0 Å².